The van der Waals surface area contributed by atoms with E-state index in [9.17, 15) is 9.90 Å². The summed E-state index contributed by atoms with van der Waals surface area (Å²) in [5.41, 5.74) is 6.43. The highest BCUT2D eigenvalue weighted by molar-refractivity contribution is 5.77. The second-order valence-corrected chi connectivity index (χ2v) is 16.5. The standard InChI is InChI=1S/C47H54N2O4/c1-52-42-25-22-35-28-40-38-23-24-39(46-47(38,44(35)45(42)53-46)26-27-48(40)30-36-29-41(36)50)49(43(51)21-13-3-8-16-32-14-6-2-7-15-32)31-37(33-17-9-4-10-18-33)34-19-11-5-12-20-34/h2,4-7,9-12,14-15,17-20,22,25,36-41,46,50H,3,8,13,16,21,23-24,26-31H2,1H3/t36?,38-,39+,40+,41?,46-,47-/m0/s1. The lowest BCUT2D eigenvalue weighted by atomic mass is 9.51. The van der Waals surface area contributed by atoms with Crippen LogP contribution in [-0.2, 0) is 23.1 Å². The Kier molecular flexibility index (Phi) is 9.54. The van der Waals surface area contributed by atoms with Crippen LogP contribution >= 0.6 is 0 Å². The Morgan fingerprint density at radius 1 is 0.925 bits per heavy atom. The molecular weight excluding hydrogens is 657 g/mol. The second kappa shape index (κ2) is 14.6. The molecule has 6 nitrogen and oxygen atoms in total. The fourth-order valence-corrected chi connectivity index (χ4v) is 11.0. The molecule has 3 aliphatic carbocycles. The van der Waals surface area contributed by atoms with E-state index < -0.39 is 0 Å². The predicted octanol–water partition coefficient (Wildman–Crippen LogP) is 7.95. The largest absolute Gasteiger partial charge is 0.493 e. The molecule has 0 radical (unpaired) electrons. The first-order chi connectivity index (χ1) is 26.0. The first-order valence-corrected chi connectivity index (χ1v) is 20.3. The number of nitrogens with zero attached hydrogens (tertiary/aromatic N) is 2. The van der Waals surface area contributed by atoms with E-state index in [1.165, 1.54) is 27.8 Å². The van der Waals surface area contributed by atoms with Crippen LogP contribution < -0.4 is 9.47 Å². The van der Waals surface area contributed by atoms with Gasteiger partial charge in [-0.05, 0) is 92.1 Å². The van der Waals surface area contributed by atoms with Crippen LogP contribution in [0.15, 0.2) is 103 Å². The molecule has 276 valence electrons. The number of benzene rings is 4. The van der Waals surface area contributed by atoms with Gasteiger partial charge in [0.05, 0.1) is 19.3 Å². The summed E-state index contributed by atoms with van der Waals surface area (Å²) in [4.78, 5) is 19.9. The molecule has 4 aromatic rings. The summed E-state index contributed by atoms with van der Waals surface area (Å²) in [5.74, 6) is 2.89. The molecule has 5 aliphatic rings. The van der Waals surface area contributed by atoms with E-state index >= 15 is 0 Å². The first kappa shape index (κ1) is 34.6. The van der Waals surface area contributed by atoms with Crippen molar-refractivity contribution in [1.29, 1.82) is 0 Å². The van der Waals surface area contributed by atoms with E-state index in [1.54, 1.807) is 7.11 Å². The minimum absolute atomic E-state index is 0.0431. The molecule has 6 heteroatoms. The number of hydrogen-bond acceptors (Lipinski definition) is 5. The van der Waals surface area contributed by atoms with E-state index in [0.29, 0.717) is 30.8 Å². The van der Waals surface area contributed by atoms with Crippen LogP contribution in [0.1, 0.15) is 85.1 Å². The molecule has 7 atom stereocenters. The summed E-state index contributed by atoms with van der Waals surface area (Å²) < 4.78 is 13.3. The van der Waals surface area contributed by atoms with Crippen LogP contribution in [0, 0.1) is 11.8 Å². The van der Waals surface area contributed by atoms with Crippen molar-refractivity contribution in [2.75, 3.05) is 26.7 Å². The number of piperidine rings is 1. The Balaban J connectivity index is 1.05. The number of methoxy groups -OCH3 is 1. The van der Waals surface area contributed by atoms with E-state index in [0.717, 1.165) is 82.4 Å². The van der Waals surface area contributed by atoms with Crippen LogP contribution in [0.2, 0.25) is 0 Å². The fraction of sp³-hybridized carbons (Fsp3) is 0.468. The molecule has 2 saturated carbocycles. The van der Waals surface area contributed by atoms with E-state index in [4.69, 9.17) is 9.47 Å². The van der Waals surface area contributed by atoms with Crippen LogP contribution in [0.5, 0.6) is 11.5 Å². The zero-order valence-electron chi connectivity index (χ0n) is 31.1. The number of unbranched alkanes of at least 4 members (excludes halogenated alkanes) is 2. The van der Waals surface area contributed by atoms with Crippen molar-refractivity contribution >= 4 is 5.91 Å². The Hall–Kier alpha value is -4.13. The monoisotopic (exact) mass is 710 g/mol. The van der Waals surface area contributed by atoms with Crippen molar-refractivity contribution in [3.63, 3.8) is 0 Å². The number of carbonyl (C=O) groups is 1. The number of rotatable bonds is 14. The van der Waals surface area contributed by atoms with Gasteiger partial charge in [-0.15, -0.1) is 0 Å². The molecule has 1 spiro atoms. The van der Waals surface area contributed by atoms with Crippen molar-refractivity contribution in [3.05, 3.63) is 131 Å². The third-order valence-electron chi connectivity index (χ3n) is 13.7. The van der Waals surface area contributed by atoms with Gasteiger partial charge in [0.25, 0.3) is 0 Å². The summed E-state index contributed by atoms with van der Waals surface area (Å²) >= 11 is 0. The molecule has 4 aromatic carbocycles. The molecule has 2 heterocycles. The molecule has 2 bridgehead atoms. The number of aliphatic hydroxyl groups is 1. The maximum absolute atomic E-state index is 14.9. The first-order valence-electron chi connectivity index (χ1n) is 20.3. The van der Waals surface area contributed by atoms with Gasteiger partial charge in [0.2, 0.25) is 5.91 Å². The molecular formula is C47H54N2O4. The highest BCUT2D eigenvalue weighted by Crippen LogP contribution is 2.64. The summed E-state index contributed by atoms with van der Waals surface area (Å²) in [6, 6.07) is 37.0. The molecule has 0 aromatic heterocycles. The Morgan fingerprint density at radius 2 is 1.62 bits per heavy atom. The lowest BCUT2D eigenvalue weighted by molar-refractivity contribution is -0.143. The summed E-state index contributed by atoms with van der Waals surface area (Å²) in [6.45, 7) is 2.60. The third kappa shape index (κ3) is 6.36. The molecule has 9 rings (SSSR count). The molecule has 2 unspecified atom stereocenters. The van der Waals surface area contributed by atoms with Gasteiger partial charge in [-0.3, -0.25) is 9.69 Å². The van der Waals surface area contributed by atoms with Gasteiger partial charge in [-0.2, -0.15) is 0 Å². The maximum Gasteiger partial charge on any atom is 0.222 e. The number of aryl methyl sites for hydroxylation is 1. The SMILES string of the molecule is COc1ccc2c3c1O[C@H]1[C@H](N(CC(c4ccccc4)c4ccccc4)C(=O)CCCCCc4ccccc4)CC[C@H]4[C@@H](C2)N(CC2CC2O)CC[C@@]341. The Morgan fingerprint density at radius 3 is 2.30 bits per heavy atom. The summed E-state index contributed by atoms with van der Waals surface area (Å²) in [5, 5.41) is 10.3. The van der Waals surface area contributed by atoms with Gasteiger partial charge < -0.3 is 19.5 Å². The molecule has 1 N–H and O–H groups in total. The van der Waals surface area contributed by atoms with E-state index in [-0.39, 0.29) is 35.5 Å². The number of ether oxygens (including phenoxy) is 2. The average Bonchev–Trinajstić information content (AvgIpc) is 3.78. The lowest BCUT2D eigenvalue weighted by Gasteiger charge is -2.60. The van der Waals surface area contributed by atoms with Gasteiger partial charge in [0.15, 0.2) is 11.5 Å². The van der Waals surface area contributed by atoms with Crippen molar-refractivity contribution in [2.24, 2.45) is 11.8 Å². The van der Waals surface area contributed by atoms with Gasteiger partial charge >= 0.3 is 0 Å². The minimum atomic E-state index is -0.160. The average molecular weight is 711 g/mol. The highest BCUT2D eigenvalue weighted by atomic mass is 16.5. The van der Waals surface area contributed by atoms with E-state index in [1.807, 2.05) is 0 Å². The van der Waals surface area contributed by atoms with Crippen LogP contribution in [0.25, 0.3) is 0 Å². The van der Waals surface area contributed by atoms with Gasteiger partial charge in [0.1, 0.15) is 6.10 Å². The van der Waals surface area contributed by atoms with Gasteiger partial charge in [0, 0.05) is 48.4 Å². The van der Waals surface area contributed by atoms with Crippen LogP contribution in [0.4, 0.5) is 0 Å². The minimum Gasteiger partial charge on any atom is -0.493 e. The quantitative estimate of drug-likeness (QED) is 0.135. The van der Waals surface area contributed by atoms with Gasteiger partial charge in [-0.25, -0.2) is 0 Å². The molecule has 3 fully saturated rings. The lowest BCUT2D eigenvalue weighted by Crippen LogP contribution is -2.69. The summed E-state index contributed by atoms with van der Waals surface area (Å²) in [7, 11) is 1.75. The molecule has 1 amide bonds. The second-order valence-electron chi connectivity index (χ2n) is 16.5. The molecule has 2 aliphatic heterocycles. The van der Waals surface area contributed by atoms with Crippen LogP contribution in [-0.4, -0.2) is 71.8 Å². The van der Waals surface area contributed by atoms with Crippen molar-refractivity contribution in [3.8, 4) is 11.5 Å². The maximum atomic E-state index is 14.9. The highest BCUT2D eigenvalue weighted by Gasteiger charge is 2.67. The molecule has 53 heavy (non-hydrogen) atoms. The topological polar surface area (TPSA) is 62.2 Å². The zero-order chi connectivity index (χ0) is 35.9. The number of hydrogen-bond donors (Lipinski definition) is 1. The number of aliphatic hydroxyl groups excluding tert-OH is 1. The van der Waals surface area contributed by atoms with E-state index in [2.05, 4.69) is 113 Å². The molecule has 1 saturated heterocycles. The number of carbonyl (C=O) groups excluding carboxylic acids is 1. The normalized spacial score (nSPS) is 27.9. The predicted molar refractivity (Wildman–Crippen MR) is 208 cm³/mol. The van der Waals surface area contributed by atoms with Crippen molar-refractivity contribution in [1.82, 2.24) is 9.80 Å². The number of amides is 1. The Labute approximate surface area is 315 Å². The van der Waals surface area contributed by atoms with Crippen molar-refractivity contribution < 1.29 is 19.4 Å². The third-order valence-corrected chi connectivity index (χ3v) is 13.7. The smallest absolute Gasteiger partial charge is 0.222 e. The van der Waals surface area contributed by atoms with Crippen LogP contribution in [0.3, 0.4) is 0 Å². The Bertz CT molecular complexity index is 1850. The summed E-state index contributed by atoms with van der Waals surface area (Å²) in [6.07, 6.45) is 9.27. The van der Waals surface area contributed by atoms with Gasteiger partial charge in [-0.1, -0.05) is 103 Å². The fourth-order valence-electron chi connectivity index (χ4n) is 11.0. The number of likely N-dealkylation sites (tertiary alicyclic amines) is 1. The zero-order valence-corrected chi connectivity index (χ0v) is 31.1. The van der Waals surface area contributed by atoms with Crippen molar-refractivity contribution in [2.45, 2.75) is 99.8 Å².